The zero-order valence-electron chi connectivity index (χ0n) is 22.0. The predicted octanol–water partition coefficient (Wildman–Crippen LogP) is 7.79. The Bertz CT molecular complexity index is 1510. The molecule has 0 aliphatic rings. The van der Waals surface area contributed by atoms with Crippen molar-refractivity contribution in [3.63, 3.8) is 0 Å². The zero-order chi connectivity index (χ0) is 29.2. The molecule has 0 aliphatic heterocycles. The van der Waals surface area contributed by atoms with E-state index < -0.39 is 17.6 Å². The molecule has 0 saturated carbocycles. The van der Waals surface area contributed by atoms with E-state index in [-0.39, 0.29) is 12.2 Å². The van der Waals surface area contributed by atoms with Crippen LogP contribution in [-0.2, 0) is 19.4 Å². The Morgan fingerprint density at radius 2 is 1.56 bits per heavy atom. The number of carbonyl (C=O) groups is 1. The Morgan fingerprint density at radius 3 is 2.32 bits per heavy atom. The van der Waals surface area contributed by atoms with E-state index in [1.165, 1.54) is 18.3 Å². The number of carbonyl (C=O) groups excluding carboxylic acids is 1. The van der Waals surface area contributed by atoms with Gasteiger partial charge in [0.25, 0.3) is 5.91 Å². The lowest BCUT2D eigenvalue weighted by atomic mass is 10.1. The van der Waals surface area contributed by atoms with Gasteiger partial charge in [-0.15, -0.1) is 0 Å². The molecule has 0 unspecified atom stereocenters. The number of nitrogens with zero attached hydrogens (tertiary/aromatic N) is 1. The molecule has 0 spiro atoms. The average Bonchev–Trinajstić information content (AvgIpc) is 2.96. The summed E-state index contributed by atoms with van der Waals surface area (Å²) < 4.78 is 57.4. The molecule has 4 aromatic carbocycles. The first-order valence-corrected chi connectivity index (χ1v) is 13.4. The first-order valence-electron chi connectivity index (χ1n) is 12.6. The van der Waals surface area contributed by atoms with E-state index in [9.17, 15) is 18.0 Å². The fraction of sp³-hybridized carbons (Fsp3) is 0.161. The molecule has 0 heterocycles. The summed E-state index contributed by atoms with van der Waals surface area (Å²) in [6.45, 7) is 2.97. The van der Waals surface area contributed by atoms with Crippen molar-refractivity contribution in [3.05, 3.63) is 123 Å². The number of hydrazone groups is 1. The maximum atomic E-state index is 13.0. The van der Waals surface area contributed by atoms with Gasteiger partial charge in [0.15, 0.2) is 11.5 Å². The van der Waals surface area contributed by atoms with Gasteiger partial charge in [-0.25, -0.2) is 5.43 Å². The summed E-state index contributed by atoms with van der Waals surface area (Å²) in [5.74, 6) is 0.919. The lowest BCUT2D eigenvalue weighted by molar-refractivity contribution is -0.137. The van der Waals surface area contributed by atoms with Crippen molar-refractivity contribution in [2.24, 2.45) is 5.10 Å². The van der Waals surface area contributed by atoms with E-state index in [1.54, 1.807) is 18.2 Å². The third-order valence-corrected chi connectivity index (χ3v) is 6.23. The van der Waals surface area contributed by atoms with Crippen LogP contribution in [0.5, 0.6) is 17.2 Å². The molecule has 1 N–H and O–H groups in total. The number of ether oxygens (including phenoxy) is 3. The van der Waals surface area contributed by atoms with E-state index in [4.69, 9.17) is 14.2 Å². The molecule has 0 aliphatic carbocycles. The van der Waals surface area contributed by atoms with Gasteiger partial charge < -0.3 is 14.2 Å². The van der Waals surface area contributed by atoms with E-state index >= 15 is 0 Å². The van der Waals surface area contributed by atoms with Crippen molar-refractivity contribution in [3.8, 4) is 17.2 Å². The summed E-state index contributed by atoms with van der Waals surface area (Å²) in [6.07, 6.45) is -3.20. The lowest BCUT2D eigenvalue weighted by Gasteiger charge is -2.14. The fourth-order valence-corrected chi connectivity index (χ4v) is 4.12. The molecule has 4 aromatic rings. The van der Waals surface area contributed by atoms with Crippen LogP contribution in [-0.4, -0.2) is 18.7 Å². The van der Waals surface area contributed by atoms with Crippen LogP contribution >= 0.6 is 15.9 Å². The highest BCUT2D eigenvalue weighted by molar-refractivity contribution is 9.10. The number of alkyl halides is 3. The van der Waals surface area contributed by atoms with Crippen molar-refractivity contribution >= 4 is 28.1 Å². The number of hydrogen-bond acceptors (Lipinski definition) is 5. The first-order chi connectivity index (χ1) is 19.7. The van der Waals surface area contributed by atoms with Crippen LogP contribution in [0.25, 0.3) is 0 Å². The summed E-state index contributed by atoms with van der Waals surface area (Å²) in [7, 11) is 0. The molecule has 0 atom stereocenters. The Labute approximate surface area is 243 Å². The topological polar surface area (TPSA) is 69.2 Å². The Kier molecular flexibility index (Phi) is 10.0. The van der Waals surface area contributed by atoms with Crippen molar-refractivity contribution in [1.29, 1.82) is 0 Å². The van der Waals surface area contributed by atoms with Crippen LogP contribution in [0.15, 0.2) is 101 Å². The van der Waals surface area contributed by atoms with Gasteiger partial charge in [-0.3, -0.25) is 4.79 Å². The van der Waals surface area contributed by atoms with Gasteiger partial charge in [-0.1, -0.05) is 58.4 Å². The normalized spacial score (nSPS) is 11.3. The Balaban J connectivity index is 1.42. The van der Waals surface area contributed by atoms with Gasteiger partial charge in [0.2, 0.25) is 0 Å². The molecule has 0 fully saturated rings. The van der Waals surface area contributed by atoms with Crippen LogP contribution in [0, 0.1) is 0 Å². The van der Waals surface area contributed by atoms with Crippen molar-refractivity contribution < 1.29 is 32.2 Å². The second-order valence-corrected chi connectivity index (χ2v) is 9.65. The van der Waals surface area contributed by atoms with Crippen molar-refractivity contribution in [2.75, 3.05) is 6.61 Å². The molecule has 212 valence electrons. The van der Waals surface area contributed by atoms with Crippen LogP contribution in [0.2, 0.25) is 0 Å². The highest BCUT2D eigenvalue weighted by Gasteiger charge is 2.30. The molecule has 10 heteroatoms. The monoisotopic (exact) mass is 626 g/mol. The standard InChI is InChI=1S/C31H26BrF3N2O4/c1-2-39-29-15-22(11-13-28(29)41-19-21-7-4-3-5-8-21)20-40-27-14-12-26(32)17-24(27)18-36-37-30(38)23-9-6-10-25(16-23)31(33,34)35/h3-18H,2,19-20H2,1H3,(H,37,38)/b36-18+. The van der Waals surface area contributed by atoms with Gasteiger partial charge >= 0.3 is 6.18 Å². The van der Waals surface area contributed by atoms with Crippen LogP contribution in [0.1, 0.15) is 39.5 Å². The molecular formula is C31H26BrF3N2O4. The molecule has 1 amide bonds. The zero-order valence-corrected chi connectivity index (χ0v) is 23.5. The summed E-state index contributed by atoms with van der Waals surface area (Å²) in [5.41, 5.74) is 3.60. The number of halogens is 4. The third kappa shape index (κ3) is 8.59. The quantitative estimate of drug-likeness (QED) is 0.136. The smallest absolute Gasteiger partial charge is 0.416 e. The van der Waals surface area contributed by atoms with Crippen LogP contribution in [0.3, 0.4) is 0 Å². The van der Waals surface area contributed by atoms with E-state index in [0.29, 0.717) is 36.0 Å². The van der Waals surface area contributed by atoms with E-state index in [0.717, 1.165) is 27.7 Å². The van der Waals surface area contributed by atoms with Crippen molar-refractivity contribution in [2.45, 2.75) is 26.3 Å². The fourth-order valence-electron chi connectivity index (χ4n) is 3.74. The maximum absolute atomic E-state index is 13.0. The summed E-state index contributed by atoms with van der Waals surface area (Å²) in [6, 6.07) is 24.8. The number of benzene rings is 4. The average molecular weight is 627 g/mol. The Hall–Kier alpha value is -4.31. The SMILES string of the molecule is CCOc1cc(COc2ccc(Br)cc2/C=N/NC(=O)c2cccc(C(F)(F)F)c2)ccc1OCc1ccccc1. The highest BCUT2D eigenvalue weighted by Crippen LogP contribution is 2.31. The highest BCUT2D eigenvalue weighted by atomic mass is 79.9. The number of nitrogens with one attached hydrogen (secondary N) is 1. The van der Waals surface area contributed by atoms with Gasteiger partial charge in [0.1, 0.15) is 19.0 Å². The van der Waals surface area contributed by atoms with Crippen LogP contribution in [0.4, 0.5) is 13.2 Å². The van der Waals surface area contributed by atoms with Crippen LogP contribution < -0.4 is 19.6 Å². The number of amides is 1. The minimum Gasteiger partial charge on any atom is -0.490 e. The molecule has 0 aromatic heterocycles. The van der Waals surface area contributed by atoms with Gasteiger partial charge in [0.05, 0.1) is 18.4 Å². The molecular weight excluding hydrogens is 601 g/mol. The minimum absolute atomic E-state index is 0.163. The second kappa shape index (κ2) is 13.8. The second-order valence-electron chi connectivity index (χ2n) is 8.74. The molecule has 0 bridgehead atoms. The molecule has 0 saturated heterocycles. The summed E-state index contributed by atoms with van der Waals surface area (Å²) in [4.78, 5) is 12.4. The molecule has 41 heavy (non-hydrogen) atoms. The number of rotatable bonds is 11. The van der Waals surface area contributed by atoms with Gasteiger partial charge in [-0.2, -0.15) is 18.3 Å². The largest absolute Gasteiger partial charge is 0.490 e. The lowest BCUT2D eigenvalue weighted by Crippen LogP contribution is -2.18. The number of hydrogen-bond donors (Lipinski definition) is 1. The summed E-state index contributed by atoms with van der Waals surface area (Å²) in [5, 5.41) is 3.92. The van der Waals surface area contributed by atoms with Gasteiger partial charge in [0, 0.05) is 15.6 Å². The first kappa shape index (κ1) is 29.7. The summed E-state index contributed by atoms with van der Waals surface area (Å²) >= 11 is 3.40. The van der Waals surface area contributed by atoms with E-state index in [2.05, 4.69) is 26.5 Å². The Morgan fingerprint density at radius 1 is 0.829 bits per heavy atom. The van der Waals surface area contributed by atoms with Crippen molar-refractivity contribution in [1.82, 2.24) is 5.43 Å². The molecule has 6 nitrogen and oxygen atoms in total. The predicted molar refractivity (Wildman–Crippen MR) is 153 cm³/mol. The third-order valence-electron chi connectivity index (χ3n) is 5.73. The van der Waals surface area contributed by atoms with Gasteiger partial charge in [-0.05, 0) is 66.6 Å². The van der Waals surface area contributed by atoms with E-state index in [1.807, 2.05) is 55.5 Å². The molecule has 0 radical (unpaired) electrons. The maximum Gasteiger partial charge on any atom is 0.416 e. The molecule has 4 rings (SSSR count). The minimum atomic E-state index is -4.55.